The first-order valence-corrected chi connectivity index (χ1v) is 18.7. The number of hydroxylamine groups is 2. The minimum Gasteiger partial charge on any atom is -0.496 e. The summed E-state index contributed by atoms with van der Waals surface area (Å²) in [5.74, 6) is 1.58. The zero-order valence-corrected chi connectivity index (χ0v) is 32.5. The number of hydrogen-bond donors (Lipinski definition) is 4. The van der Waals surface area contributed by atoms with Crippen LogP contribution in [-0.4, -0.2) is 85.7 Å². The van der Waals surface area contributed by atoms with Crippen LogP contribution in [0.15, 0.2) is 36.4 Å². The summed E-state index contributed by atoms with van der Waals surface area (Å²) in [6.07, 6.45) is 1.76. The minimum atomic E-state index is -0.804. The number of nitrogens with zero attached hydrogens (tertiary/aromatic N) is 2. The van der Waals surface area contributed by atoms with E-state index in [1.54, 1.807) is 19.1 Å². The van der Waals surface area contributed by atoms with Crippen LogP contribution in [0.4, 0.5) is 5.69 Å². The number of nitrogens with one attached hydrogen (secondary N) is 2. The van der Waals surface area contributed by atoms with Crippen molar-refractivity contribution in [2.24, 2.45) is 34.5 Å². The summed E-state index contributed by atoms with van der Waals surface area (Å²) in [5.41, 5.74) is 4.34. The molecule has 8 atom stereocenters. The van der Waals surface area contributed by atoms with E-state index >= 15 is 0 Å². The molecule has 4 fully saturated rings. The molecule has 4 aliphatic rings. The molecule has 3 aliphatic carbocycles. The van der Waals surface area contributed by atoms with Crippen molar-refractivity contribution < 1.29 is 29.4 Å². The predicted octanol–water partition coefficient (Wildman–Crippen LogP) is 5.64. The second-order valence-electron chi connectivity index (χ2n) is 17.3. The molecule has 6 rings (SSSR count). The van der Waals surface area contributed by atoms with Gasteiger partial charge in [0, 0.05) is 61.4 Å². The van der Waals surface area contributed by atoms with E-state index in [0.29, 0.717) is 41.0 Å². The molecule has 1 aliphatic heterocycles. The zero-order chi connectivity index (χ0) is 37.4. The Balaban J connectivity index is 1.40. The number of methoxy groups -OCH3 is 1. The van der Waals surface area contributed by atoms with Crippen molar-refractivity contribution in [3.63, 3.8) is 0 Å². The number of aliphatic hydroxyl groups excluding tert-OH is 2. The predicted molar refractivity (Wildman–Crippen MR) is 201 cm³/mol. The molecule has 2 aromatic rings. The highest BCUT2D eigenvalue weighted by atomic mass is 16.7. The molecule has 0 aromatic heterocycles. The first-order chi connectivity index (χ1) is 23.9. The second kappa shape index (κ2) is 15.4. The van der Waals surface area contributed by atoms with Crippen molar-refractivity contribution >= 4 is 17.5 Å². The highest BCUT2D eigenvalue weighted by Crippen LogP contribution is 2.61. The number of benzene rings is 2. The third-order valence-corrected chi connectivity index (χ3v) is 12.1. The van der Waals surface area contributed by atoms with Crippen LogP contribution in [0.3, 0.4) is 0 Å². The number of anilines is 1. The quantitative estimate of drug-likeness (QED) is 0.211. The lowest BCUT2D eigenvalue weighted by Gasteiger charge is -2.62. The maximum atomic E-state index is 13.7. The highest BCUT2D eigenvalue weighted by Gasteiger charge is 2.56. The van der Waals surface area contributed by atoms with Crippen molar-refractivity contribution in [3.05, 3.63) is 47.5 Å². The average Bonchev–Trinajstić information content (AvgIpc) is 3.40. The summed E-state index contributed by atoms with van der Waals surface area (Å²) in [6.45, 7) is 15.7. The van der Waals surface area contributed by atoms with Crippen LogP contribution >= 0.6 is 0 Å². The Morgan fingerprint density at radius 2 is 1.88 bits per heavy atom. The van der Waals surface area contributed by atoms with Crippen molar-refractivity contribution in [2.75, 3.05) is 39.3 Å². The Morgan fingerprint density at radius 1 is 1.16 bits per heavy atom. The summed E-state index contributed by atoms with van der Waals surface area (Å²) in [4.78, 5) is 35.3. The zero-order valence-electron chi connectivity index (χ0n) is 32.5. The number of ether oxygens (including phenoxy) is 1. The number of hydrogen-bond acceptors (Lipinski definition) is 8. The fourth-order valence-electron chi connectivity index (χ4n) is 8.89. The van der Waals surface area contributed by atoms with Crippen LogP contribution in [-0.2, 0) is 16.2 Å². The molecule has 2 aromatic carbocycles. The molecule has 2 amide bonds. The Hall–Kier alpha value is -3.18. The minimum absolute atomic E-state index is 0.0664. The molecule has 2 bridgehead atoms. The van der Waals surface area contributed by atoms with E-state index < -0.39 is 24.2 Å². The van der Waals surface area contributed by atoms with Gasteiger partial charge in [-0.05, 0) is 78.5 Å². The van der Waals surface area contributed by atoms with E-state index in [2.05, 4.69) is 52.2 Å². The van der Waals surface area contributed by atoms with Crippen LogP contribution in [0, 0.1) is 34.5 Å². The fraction of sp³-hybridized carbons (Fsp3) is 0.659. The fourth-order valence-corrected chi connectivity index (χ4v) is 8.89. The van der Waals surface area contributed by atoms with Gasteiger partial charge in [0.2, 0.25) is 5.91 Å². The van der Waals surface area contributed by atoms with Gasteiger partial charge in [-0.15, -0.1) is 0 Å². The molecule has 10 nitrogen and oxygen atoms in total. The number of carbonyl (C=O) groups is 2. The molecular weight excluding hydrogens is 644 g/mol. The molecule has 0 radical (unpaired) electrons. The van der Waals surface area contributed by atoms with Gasteiger partial charge >= 0.3 is 0 Å². The van der Waals surface area contributed by atoms with E-state index in [4.69, 9.17) is 9.57 Å². The molecule has 4 N–H and O–H groups in total. The molecule has 51 heavy (non-hydrogen) atoms. The molecule has 0 spiro atoms. The average molecular weight is 707 g/mol. The van der Waals surface area contributed by atoms with E-state index in [9.17, 15) is 19.8 Å². The number of fused-ring (bicyclic) bond motifs is 2. The van der Waals surface area contributed by atoms with Crippen molar-refractivity contribution in [3.8, 4) is 16.9 Å². The van der Waals surface area contributed by atoms with Crippen LogP contribution in [0.25, 0.3) is 11.1 Å². The Labute approximate surface area is 305 Å². The number of carbonyl (C=O) groups excluding carboxylic acids is 2. The Kier molecular flexibility index (Phi) is 11.8. The van der Waals surface area contributed by atoms with Crippen LogP contribution in [0.1, 0.15) is 90.1 Å². The summed E-state index contributed by atoms with van der Waals surface area (Å²) in [7, 11) is 5.52. The molecular formula is C41H62N4O6. The van der Waals surface area contributed by atoms with Crippen molar-refractivity contribution in [1.29, 1.82) is 0 Å². The monoisotopic (exact) mass is 706 g/mol. The van der Waals surface area contributed by atoms with Crippen LogP contribution < -0.4 is 20.3 Å². The molecule has 0 unspecified atom stereocenters. The molecule has 1 heterocycles. The van der Waals surface area contributed by atoms with Crippen LogP contribution in [0.2, 0.25) is 0 Å². The number of aliphatic hydroxyl groups is 2. The maximum absolute atomic E-state index is 13.7. The van der Waals surface area contributed by atoms with E-state index in [0.717, 1.165) is 35.2 Å². The smallest absolute Gasteiger partial charge is 0.251 e. The first-order valence-electron chi connectivity index (χ1n) is 18.7. The second-order valence-corrected chi connectivity index (χ2v) is 17.3. The Bertz CT molecular complexity index is 1550. The summed E-state index contributed by atoms with van der Waals surface area (Å²) < 4.78 is 6.06. The van der Waals surface area contributed by atoms with Gasteiger partial charge in [-0.3, -0.25) is 14.4 Å². The summed E-state index contributed by atoms with van der Waals surface area (Å²) in [6, 6.07) is 11.4. The lowest BCUT2D eigenvalue weighted by atomic mass is 9.45. The van der Waals surface area contributed by atoms with Gasteiger partial charge in [0.15, 0.2) is 0 Å². The van der Waals surface area contributed by atoms with Gasteiger partial charge in [-0.2, -0.15) is 5.06 Å². The standard InChI is InChI=1S/C41H62N4O6/c1-24-32-19-29(41(32,6)7)20-33(24)43-36(48)21-34-37(25(2)47)35(23-46)51-45(34)22-26-12-11-13-31(38(26)50-10)27-16-28(18-30(17-27)44(8)9)39(49)42-15-14-40(3,4)5/h11-13,16-18,24-25,29,32-35,37,46-47H,14-15,19-23H2,1-10H3,(H,42,49)(H,43,48)/t24-,25-,29+,32-,33-,34+,35-,37-/m0/s1. The lowest BCUT2D eigenvalue weighted by Crippen LogP contribution is -2.61. The van der Waals surface area contributed by atoms with E-state index in [1.165, 1.54) is 6.42 Å². The SMILES string of the molecule is COc1c(CN2O[C@@H](CO)[C@@H]([C@H](C)O)[C@H]2CC(=O)N[C@H]2C[C@H]3C[C@@H]([C@@H]2C)C3(C)C)cccc1-c1cc(C(=O)NCCC(C)(C)C)cc(N(C)C)c1. The number of para-hydroxylation sites is 1. The number of amides is 2. The number of rotatable bonds is 13. The lowest BCUT2D eigenvalue weighted by molar-refractivity contribution is -0.180. The van der Waals surface area contributed by atoms with Crippen LogP contribution in [0.5, 0.6) is 5.75 Å². The van der Waals surface area contributed by atoms with Gasteiger partial charge in [0.1, 0.15) is 11.9 Å². The molecule has 10 heteroatoms. The van der Waals surface area contributed by atoms with Gasteiger partial charge < -0.3 is 30.5 Å². The van der Waals surface area contributed by atoms with Crippen molar-refractivity contribution in [1.82, 2.24) is 15.7 Å². The molecule has 3 saturated carbocycles. The third-order valence-electron chi connectivity index (χ3n) is 12.1. The normalized spacial score (nSPS) is 27.7. The summed E-state index contributed by atoms with van der Waals surface area (Å²) in [5, 5.41) is 29.4. The van der Waals surface area contributed by atoms with E-state index in [-0.39, 0.29) is 42.8 Å². The largest absolute Gasteiger partial charge is 0.496 e. The Morgan fingerprint density at radius 3 is 2.47 bits per heavy atom. The highest BCUT2D eigenvalue weighted by molar-refractivity contribution is 5.97. The van der Waals surface area contributed by atoms with Crippen molar-refractivity contribution in [2.45, 2.75) is 105 Å². The molecule has 282 valence electrons. The van der Waals surface area contributed by atoms with E-state index in [1.807, 2.05) is 55.4 Å². The first kappa shape index (κ1) is 39.0. The maximum Gasteiger partial charge on any atom is 0.251 e. The summed E-state index contributed by atoms with van der Waals surface area (Å²) >= 11 is 0. The topological polar surface area (TPSA) is 124 Å². The van der Waals surface area contributed by atoms with Gasteiger partial charge in [0.05, 0.1) is 32.4 Å². The van der Waals surface area contributed by atoms with Gasteiger partial charge in [-0.1, -0.05) is 59.7 Å². The van der Waals surface area contributed by atoms with Gasteiger partial charge in [0.25, 0.3) is 5.91 Å². The molecule has 1 saturated heterocycles. The van der Waals surface area contributed by atoms with Gasteiger partial charge in [-0.25, -0.2) is 0 Å². The third kappa shape index (κ3) is 8.40.